The van der Waals surface area contributed by atoms with Crippen LogP contribution >= 0.6 is 0 Å². The molecule has 0 aliphatic carbocycles. The first kappa shape index (κ1) is 12.4. The Labute approximate surface area is 85.0 Å². The van der Waals surface area contributed by atoms with Gasteiger partial charge < -0.3 is 5.11 Å². The Morgan fingerprint density at radius 1 is 1.36 bits per heavy atom. The summed E-state index contributed by atoms with van der Waals surface area (Å²) in [5, 5.41) is 8.50. The Hall–Kier alpha value is -1.57. The highest BCUT2D eigenvalue weighted by Crippen LogP contribution is 2.13. The van der Waals surface area contributed by atoms with Crippen LogP contribution in [-0.4, -0.2) is 11.1 Å². The summed E-state index contributed by atoms with van der Waals surface area (Å²) >= 11 is 0. The summed E-state index contributed by atoms with van der Waals surface area (Å²) < 4.78 is 0. The minimum atomic E-state index is -0.807. The second-order valence-corrected chi connectivity index (χ2v) is 3.12. The number of carboxylic acids is 1. The summed E-state index contributed by atoms with van der Waals surface area (Å²) in [6, 6.07) is 0. The van der Waals surface area contributed by atoms with Gasteiger partial charge in [-0.15, -0.1) is 0 Å². The van der Waals surface area contributed by atoms with Crippen molar-refractivity contribution in [3.63, 3.8) is 0 Å². The molecule has 14 heavy (non-hydrogen) atoms. The van der Waals surface area contributed by atoms with Gasteiger partial charge in [-0.2, -0.15) is 0 Å². The number of carbonyl (C=O) groups is 1. The van der Waals surface area contributed by atoms with E-state index in [9.17, 15) is 4.79 Å². The van der Waals surface area contributed by atoms with Crippen LogP contribution in [0.15, 0.2) is 48.6 Å². The molecule has 0 aliphatic heterocycles. The van der Waals surface area contributed by atoms with E-state index < -0.39 is 5.97 Å². The minimum Gasteiger partial charge on any atom is -0.481 e. The van der Waals surface area contributed by atoms with Gasteiger partial charge in [0.1, 0.15) is 0 Å². The lowest BCUT2D eigenvalue weighted by Gasteiger charge is -2.02. The van der Waals surface area contributed by atoms with Gasteiger partial charge in [0.15, 0.2) is 0 Å². The van der Waals surface area contributed by atoms with Crippen molar-refractivity contribution in [1.82, 2.24) is 0 Å². The Balaban J connectivity index is 4.40. The normalized spacial score (nSPS) is 10.8. The fourth-order valence-corrected chi connectivity index (χ4v) is 0.831. The van der Waals surface area contributed by atoms with Gasteiger partial charge >= 0.3 is 5.97 Å². The Morgan fingerprint density at radius 2 is 1.93 bits per heavy atom. The van der Waals surface area contributed by atoms with Crippen molar-refractivity contribution < 1.29 is 9.90 Å². The molecule has 0 saturated heterocycles. The molecule has 0 spiro atoms. The summed E-state index contributed by atoms with van der Waals surface area (Å²) in [5.74, 6) is -0.807. The topological polar surface area (TPSA) is 37.3 Å². The third-order valence-corrected chi connectivity index (χ3v) is 1.80. The number of hydrogen-bond acceptors (Lipinski definition) is 1. The van der Waals surface area contributed by atoms with E-state index in [-0.39, 0.29) is 6.42 Å². The first-order chi connectivity index (χ1) is 6.47. The molecule has 0 heterocycles. The number of carboxylic acid groups (broad SMARTS) is 1. The average Bonchev–Trinajstić information content (AvgIpc) is 2.11. The van der Waals surface area contributed by atoms with Crippen molar-refractivity contribution in [2.24, 2.45) is 0 Å². The lowest BCUT2D eigenvalue weighted by Crippen LogP contribution is -1.94. The molecule has 0 amide bonds. The molecule has 0 saturated carbocycles. The third kappa shape index (κ3) is 5.14. The van der Waals surface area contributed by atoms with Crippen molar-refractivity contribution in [2.45, 2.75) is 19.8 Å². The number of aliphatic carboxylic acids is 1. The summed E-state index contributed by atoms with van der Waals surface area (Å²) in [6.07, 6.45) is 4.06. The van der Waals surface area contributed by atoms with Gasteiger partial charge in [-0.05, 0) is 24.5 Å². The zero-order valence-electron chi connectivity index (χ0n) is 8.55. The van der Waals surface area contributed by atoms with Gasteiger partial charge in [-0.25, -0.2) is 0 Å². The minimum absolute atomic E-state index is 0.112. The van der Waals surface area contributed by atoms with E-state index in [1.165, 1.54) is 0 Å². The van der Waals surface area contributed by atoms with Gasteiger partial charge in [0.2, 0.25) is 0 Å². The third-order valence-electron chi connectivity index (χ3n) is 1.80. The second kappa shape index (κ2) is 5.97. The maximum Gasteiger partial charge on any atom is 0.303 e. The van der Waals surface area contributed by atoms with Crippen molar-refractivity contribution in [3.8, 4) is 0 Å². The molecule has 0 aromatic rings. The van der Waals surface area contributed by atoms with Gasteiger partial charge in [0, 0.05) is 6.42 Å². The SMILES string of the molecule is C=C/C(=C\C(=C)C(=C)C)CCC(=O)O. The molecule has 0 fully saturated rings. The van der Waals surface area contributed by atoms with E-state index in [1.54, 1.807) is 6.08 Å². The van der Waals surface area contributed by atoms with Crippen LogP contribution in [0.2, 0.25) is 0 Å². The summed E-state index contributed by atoms with van der Waals surface area (Å²) in [4.78, 5) is 10.3. The van der Waals surface area contributed by atoms with Gasteiger partial charge in [-0.1, -0.05) is 37.5 Å². The van der Waals surface area contributed by atoms with Crippen molar-refractivity contribution in [3.05, 3.63) is 48.6 Å². The molecular weight excluding hydrogens is 176 g/mol. The monoisotopic (exact) mass is 192 g/mol. The second-order valence-electron chi connectivity index (χ2n) is 3.12. The Kier molecular flexibility index (Phi) is 5.30. The Bertz CT molecular complexity index is 295. The van der Waals surface area contributed by atoms with Crippen molar-refractivity contribution in [2.75, 3.05) is 0 Å². The summed E-state index contributed by atoms with van der Waals surface area (Å²) in [5.41, 5.74) is 2.56. The standard InChI is InChI=1S/C12H16O2/c1-5-11(6-7-12(13)14)8-10(4)9(2)3/h5,8H,1-2,4,6-7H2,3H3,(H,13,14)/b11-8+. The van der Waals surface area contributed by atoms with Gasteiger partial charge in [0.25, 0.3) is 0 Å². The first-order valence-electron chi connectivity index (χ1n) is 4.37. The molecule has 2 nitrogen and oxygen atoms in total. The maximum absolute atomic E-state index is 10.3. The van der Waals surface area contributed by atoms with E-state index in [2.05, 4.69) is 19.7 Å². The van der Waals surface area contributed by atoms with Gasteiger partial charge in [0.05, 0.1) is 0 Å². The van der Waals surface area contributed by atoms with Crippen LogP contribution < -0.4 is 0 Å². The van der Waals surface area contributed by atoms with E-state index in [4.69, 9.17) is 5.11 Å². The quantitative estimate of drug-likeness (QED) is 0.656. The molecule has 76 valence electrons. The molecule has 0 aromatic carbocycles. The summed E-state index contributed by atoms with van der Waals surface area (Å²) in [7, 11) is 0. The van der Waals surface area contributed by atoms with E-state index in [0.717, 1.165) is 16.7 Å². The highest BCUT2D eigenvalue weighted by Gasteiger charge is 1.99. The van der Waals surface area contributed by atoms with E-state index in [1.807, 2.05) is 13.0 Å². The zero-order chi connectivity index (χ0) is 11.1. The van der Waals surface area contributed by atoms with E-state index in [0.29, 0.717) is 6.42 Å². The molecule has 0 rings (SSSR count). The number of hydrogen-bond donors (Lipinski definition) is 1. The van der Waals surface area contributed by atoms with Crippen LogP contribution in [-0.2, 0) is 4.79 Å². The van der Waals surface area contributed by atoms with Crippen molar-refractivity contribution in [1.29, 1.82) is 0 Å². The van der Waals surface area contributed by atoms with Crippen molar-refractivity contribution >= 4 is 5.97 Å². The molecule has 0 aliphatic rings. The first-order valence-corrected chi connectivity index (χ1v) is 4.37. The molecule has 1 N–H and O–H groups in total. The fourth-order valence-electron chi connectivity index (χ4n) is 0.831. The lowest BCUT2D eigenvalue weighted by atomic mass is 10.0. The predicted octanol–water partition coefficient (Wildman–Crippen LogP) is 3.10. The number of allylic oxidation sites excluding steroid dienone is 5. The van der Waals surface area contributed by atoms with Crippen LogP contribution in [0.1, 0.15) is 19.8 Å². The average molecular weight is 192 g/mol. The summed E-state index contributed by atoms with van der Waals surface area (Å²) in [6.45, 7) is 13.0. The molecule has 0 radical (unpaired) electrons. The largest absolute Gasteiger partial charge is 0.481 e. The molecule has 2 heteroatoms. The molecule has 0 aromatic heterocycles. The number of rotatable bonds is 6. The van der Waals surface area contributed by atoms with Crippen LogP contribution in [0.5, 0.6) is 0 Å². The highest BCUT2D eigenvalue weighted by atomic mass is 16.4. The van der Waals surface area contributed by atoms with Crippen LogP contribution in [0, 0.1) is 0 Å². The van der Waals surface area contributed by atoms with Crippen LogP contribution in [0.25, 0.3) is 0 Å². The van der Waals surface area contributed by atoms with Crippen LogP contribution in [0.4, 0.5) is 0 Å². The Morgan fingerprint density at radius 3 is 2.29 bits per heavy atom. The van der Waals surface area contributed by atoms with Gasteiger partial charge in [-0.3, -0.25) is 4.79 Å². The van der Waals surface area contributed by atoms with Crippen LogP contribution in [0.3, 0.4) is 0 Å². The molecule has 0 atom stereocenters. The zero-order valence-corrected chi connectivity index (χ0v) is 8.55. The predicted molar refractivity (Wildman–Crippen MR) is 59.1 cm³/mol. The maximum atomic E-state index is 10.3. The van der Waals surface area contributed by atoms with E-state index >= 15 is 0 Å². The lowest BCUT2D eigenvalue weighted by molar-refractivity contribution is -0.136. The smallest absolute Gasteiger partial charge is 0.303 e. The molecule has 0 unspecified atom stereocenters. The fraction of sp³-hybridized carbons (Fsp3) is 0.250. The molecular formula is C12H16O2. The highest BCUT2D eigenvalue weighted by molar-refractivity contribution is 5.67. The molecule has 0 bridgehead atoms.